The van der Waals surface area contributed by atoms with E-state index in [9.17, 15) is 9.59 Å². The summed E-state index contributed by atoms with van der Waals surface area (Å²) in [6.45, 7) is 17.3. The number of carbonyl (C=O) groups is 2. The number of aryl methyl sites for hydroxylation is 3. The van der Waals surface area contributed by atoms with E-state index in [1.165, 1.54) is 16.2 Å². The van der Waals surface area contributed by atoms with Gasteiger partial charge in [0.05, 0.1) is 5.69 Å². The number of nitrogens with zero attached hydrogens (tertiary/aromatic N) is 2. The summed E-state index contributed by atoms with van der Waals surface area (Å²) < 4.78 is 0. The Hall–Kier alpha value is -2.99. The molecule has 35 heavy (non-hydrogen) atoms. The molecule has 6 heteroatoms. The van der Waals surface area contributed by atoms with Crippen LogP contribution in [0.4, 0.5) is 11.4 Å². The topological polar surface area (TPSA) is 52.7 Å². The lowest BCUT2D eigenvalue weighted by Crippen LogP contribution is -2.54. The maximum absolute atomic E-state index is 13.6. The van der Waals surface area contributed by atoms with Crippen molar-refractivity contribution >= 4 is 46.6 Å². The van der Waals surface area contributed by atoms with Gasteiger partial charge in [-0.05, 0) is 131 Å². The van der Waals surface area contributed by atoms with Crippen molar-refractivity contribution in [2.24, 2.45) is 0 Å². The lowest BCUT2D eigenvalue weighted by atomic mass is 9.78. The number of hydrogen-bond donors (Lipinski definition) is 1. The Bertz CT molecular complexity index is 1250. The molecule has 2 aromatic carbocycles. The molecule has 184 valence electrons. The van der Waals surface area contributed by atoms with Gasteiger partial charge in [-0.25, -0.2) is 0 Å². The van der Waals surface area contributed by atoms with Gasteiger partial charge >= 0.3 is 0 Å². The Balaban J connectivity index is 1.80. The Morgan fingerprint density at radius 3 is 2.29 bits per heavy atom. The monoisotopic (exact) mass is 489 g/mol. The minimum atomic E-state index is -0.462. The number of carbonyl (C=O) groups excluding carboxylic acids is 2. The third-order valence-electron chi connectivity index (χ3n) is 7.05. The first-order valence-corrected chi connectivity index (χ1v) is 12.6. The van der Waals surface area contributed by atoms with Crippen molar-refractivity contribution in [1.82, 2.24) is 5.32 Å². The van der Waals surface area contributed by atoms with E-state index < -0.39 is 11.8 Å². The van der Waals surface area contributed by atoms with Gasteiger partial charge in [-0.1, -0.05) is 13.0 Å². The molecule has 0 saturated carbocycles. The van der Waals surface area contributed by atoms with Crippen LogP contribution in [0.5, 0.6) is 0 Å². The normalized spacial score (nSPS) is 21.0. The molecule has 2 aliphatic rings. The predicted octanol–water partition coefficient (Wildman–Crippen LogP) is 5.94. The molecule has 0 spiro atoms. The quantitative estimate of drug-likeness (QED) is 0.329. The summed E-state index contributed by atoms with van der Waals surface area (Å²) in [6.07, 6.45) is 2.75. The largest absolute Gasteiger partial charge is 0.364 e. The summed E-state index contributed by atoms with van der Waals surface area (Å²) in [6, 6.07) is 10.6. The molecule has 1 N–H and O–H groups in total. The smallest absolute Gasteiger partial charge is 0.270 e. The van der Waals surface area contributed by atoms with E-state index in [1.54, 1.807) is 6.08 Å². The summed E-state index contributed by atoms with van der Waals surface area (Å²) in [5.74, 6) is -0.502. The second-order valence-electron chi connectivity index (χ2n) is 11.0. The molecule has 4 rings (SSSR count). The molecule has 0 aliphatic carbocycles. The van der Waals surface area contributed by atoms with Crippen molar-refractivity contribution in [2.45, 2.75) is 79.3 Å². The SMILES string of the molecule is Cc1cc(C)cc(N2C(=O)/C(=C/c3cc4c(cc3C)N(C(C)C)C(C)(C)C[C@@H]4C)C(=O)NC2=S)c1. The number of hydrogen-bond acceptors (Lipinski definition) is 4. The predicted molar refractivity (Wildman–Crippen MR) is 148 cm³/mol. The van der Waals surface area contributed by atoms with Crippen molar-refractivity contribution in [3.63, 3.8) is 0 Å². The van der Waals surface area contributed by atoms with Crippen molar-refractivity contribution in [1.29, 1.82) is 0 Å². The highest BCUT2D eigenvalue weighted by Gasteiger charge is 2.38. The van der Waals surface area contributed by atoms with Gasteiger partial charge in [0.1, 0.15) is 5.57 Å². The van der Waals surface area contributed by atoms with Crippen LogP contribution in [0.15, 0.2) is 35.9 Å². The van der Waals surface area contributed by atoms with Crippen molar-refractivity contribution < 1.29 is 9.59 Å². The van der Waals surface area contributed by atoms with Gasteiger partial charge in [0.15, 0.2) is 5.11 Å². The van der Waals surface area contributed by atoms with Gasteiger partial charge < -0.3 is 4.90 Å². The Morgan fingerprint density at radius 1 is 1.06 bits per heavy atom. The molecule has 0 bridgehead atoms. The fourth-order valence-electron chi connectivity index (χ4n) is 5.87. The van der Waals surface area contributed by atoms with E-state index >= 15 is 0 Å². The van der Waals surface area contributed by atoms with Gasteiger partial charge in [-0.15, -0.1) is 0 Å². The first kappa shape index (κ1) is 25.1. The maximum atomic E-state index is 13.6. The molecule has 0 aromatic heterocycles. The Labute approximate surface area is 214 Å². The van der Waals surface area contributed by atoms with E-state index in [-0.39, 0.29) is 16.2 Å². The standard InChI is InChI=1S/C29H35N3O2S/c1-16(2)32-25-12-19(5)21(13-23(25)20(6)15-29(32,7)8)14-24-26(33)30-28(35)31(27(24)34)22-10-17(3)9-18(4)11-22/h9-14,16,20H,15H2,1-8H3,(H,30,33,35)/b24-14+/t20-/m0/s1. The van der Waals surface area contributed by atoms with Crippen molar-refractivity contribution in [3.8, 4) is 0 Å². The van der Waals surface area contributed by atoms with Gasteiger partial charge in [-0.2, -0.15) is 0 Å². The highest BCUT2D eigenvalue weighted by atomic mass is 32.1. The van der Waals surface area contributed by atoms with Crippen molar-refractivity contribution in [2.75, 3.05) is 9.80 Å². The summed E-state index contributed by atoms with van der Waals surface area (Å²) in [4.78, 5) is 30.4. The molecule has 1 atom stereocenters. The van der Waals surface area contributed by atoms with E-state index in [2.05, 4.69) is 57.0 Å². The number of benzene rings is 2. The van der Waals surface area contributed by atoms with Crippen LogP contribution in [0.3, 0.4) is 0 Å². The van der Waals surface area contributed by atoms with E-state index in [0.29, 0.717) is 17.6 Å². The zero-order valence-electron chi connectivity index (χ0n) is 21.9. The first-order valence-electron chi connectivity index (χ1n) is 12.2. The van der Waals surface area contributed by atoms with Crippen LogP contribution in [0.1, 0.15) is 74.8 Å². The Morgan fingerprint density at radius 2 is 1.69 bits per heavy atom. The van der Waals surface area contributed by atoms with E-state index in [0.717, 1.165) is 28.7 Å². The Kier molecular flexibility index (Phi) is 6.39. The van der Waals surface area contributed by atoms with Crippen LogP contribution >= 0.6 is 12.2 Å². The van der Waals surface area contributed by atoms with Gasteiger partial charge in [0.25, 0.3) is 11.8 Å². The highest BCUT2D eigenvalue weighted by Crippen LogP contribution is 2.45. The third kappa shape index (κ3) is 4.52. The average Bonchev–Trinajstić information content (AvgIpc) is 2.69. The van der Waals surface area contributed by atoms with Crippen LogP contribution in [-0.4, -0.2) is 28.5 Å². The molecule has 2 amide bonds. The molecule has 1 fully saturated rings. The number of thiocarbonyl (C=S) groups is 1. The van der Waals surface area contributed by atoms with Crippen molar-refractivity contribution in [3.05, 3.63) is 63.7 Å². The average molecular weight is 490 g/mol. The van der Waals surface area contributed by atoms with Crippen LogP contribution < -0.4 is 15.1 Å². The molecule has 1 saturated heterocycles. The van der Waals surface area contributed by atoms with Crippen LogP contribution in [-0.2, 0) is 9.59 Å². The molecule has 2 aliphatic heterocycles. The molecular weight excluding hydrogens is 454 g/mol. The molecule has 0 radical (unpaired) electrons. The molecule has 0 unspecified atom stereocenters. The second kappa shape index (κ2) is 8.90. The maximum Gasteiger partial charge on any atom is 0.270 e. The lowest BCUT2D eigenvalue weighted by molar-refractivity contribution is -0.122. The zero-order chi connectivity index (χ0) is 25.8. The molecular formula is C29H35N3O2S. The second-order valence-corrected chi connectivity index (χ2v) is 11.3. The lowest BCUT2D eigenvalue weighted by Gasteiger charge is -2.50. The number of nitrogens with one attached hydrogen (secondary N) is 1. The number of fused-ring (bicyclic) bond motifs is 1. The number of amides is 2. The first-order chi connectivity index (χ1) is 16.3. The number of rotatable bonds is 3. The van der Waals surface area contributed by atoms with Crippen LogP contribution in [0.25, 0.3) is 6.08 Å². The highest BCUT2D eigenvalue weighted by molar-refractivity contribution is 7.80. The van der Waals surface area contributed by atoms with Gasteiger partial charge in [-0.3, -0.25) is 19.8 Å². The fraction of sp³-hybridized carbons (Fsp3) is 0.414. The van der Waals surface area contributed by atoms with Gasteiger partial charge in [0, 0.05) is 17.3 Å². The summed E-state index contributed by atoms with van der Waals surface area (Å²) >= 11 is 5.39. The van der Waals surface area contributed by atoms with Crippen LogP contribution in [0.2, 0.25) is 0 Å². The fourth-order valence-corrected chi connectivity index (χ4v) is 6.15. The summed E-state index contributed by atoms with van der Waals surface area (Å²) in [5.41, 5.74) is 7.24. The molecule has 2 heterocycles. The zero-order valence-corrected chi connectivity index (χ0v) is 22.8. The van der Waals surface area contributed by atoms with E-state index in [1.807, 2.05) is 39.0 Å². The minimum Gasteiger partial charge on any atom is -0.364 e. The molecule has 2 aromatic rings. The summed E-state index contributed by atoms with van der Waals surface area (Å²) in [7, 11) is 0. The summed E-state index contributed by atoms with van der Waals surface area (Å²) in [5, 5.41) is 2.82. The van der Waals surface area contributed by atoms with Gasteiger partial charge in [0.2, 0.25) is 0 Å². The number of anilines is 2. The minimum absolute atomic E-state index is 0.0500. The van der Waals surface area contributed by atoms with Crippen LogP contribution in [0, 0.1) is 20.8 Å². The van der Waals surface area contributed by atoms with E-state index in [4.69, 9.17) is 12.2 Å². The molecule has 5 nitrogen and oxygen atoms in total. The third-order valence-corrected chi connectivity index (χ3v) is 7.33.